The second-order valence-electron chi connectivity index (χ2n) is 5.03. The molecule has 2 rings (SSSR count). The van der Waals surface area contributed by atoms with E-state index in [1.54, 1.807) is 6.07 Å². The lowest BCUT2D eigenvalue weighted by Gasteiger charge is -2.19. The molecule has 0 aliphatic heterocycles. The van der Waals surface area contributed by atoms with E-state index in [1.165, 1.54) is 6.07 Å². The Labute approximate surface area is 130 Å². The van der Waals surface area contributed by atoms with Gasteiger partial charge in [0, 0.05) is 10.5 Å². The van der Waals surface area contributed by atoms with Crippen molar-refractivity contribution in [3.05, 3.63) is 69.2 Å². The quantitative estimate of drug-likeness (QED) is 0.819. The van der Waals surface area contributed by atoms with Gasteiger partial charge in [0.05, 0.1) is 5.56 Å². The Morgan fingerprint density at radius 1 is 1.14 bits per heavy atom. The number of benzene rings is 2. The maximum Gasteiger partial charge on any atom is 0.416 e. The number of aryl methyl sites for hydroxylation is 1. The minimum atomic E-state index is -4.41. The summed E-state index contributed by atoms with van der Waals surface area (Å²) in [6.07, 6.45) is -4.05. The third-order valence-electron chi connectivity index (χ3n) is 3.26. The van der Waals surface area contributed by atoms with Gasteiger partial charge in [0.25, 0.3) is 0 Å². The van der Waals surface area contributed by atoms with Gasteiger partial charge in [-0.15, -0.1) is 0 Å². The van der Waals surface area contributed by atoms with Crippen molar-refractivity contribution in [2.75, 3.05) is 0 Å². The highest BCUT2D eigenvalue weighted by molar-refractivity contribution is 9.10. The molecule has 0 aromatic heterocycles. The number of hydrogen-bond acceptors (Lipinski definition) is 1. The van der Waals surface area contributed by atoms with Crippen LogP contribution in [0.3, 0.4) is 0 Å². The molecule has 2 aromatic carbocycles. The fourth-order valence-electron chi connectivity index (χ4n) is 2.30. The van der Waals surface area contributed by atoms with E-state index in [4.69, 9.17) is 5.73 Å². The van der Waals surface area contributed by atoms with Crippen molar-refractivity contribution in [1.29, 1.82) is 0 Å². The Hall–Kier alpha value is -1.33. The van der Waals surface area contributed by atoms with Crippen molar-refractivity contribution < 1.29 is 13.2 Å². The molecule has 0 saturated carbocycles. The van der Waals surface area contributed by atoms with Gasteiger partial charge in [-0.1, -0.05) is 51.8 Å². The standard InChI is InChI=1S/C16H15BrF3N/c1-10-3-2-4-11(7-10)8-15(21)13-6-5-12(17)9-14(13)16(18,19)20/h2-7,9,15H,8,21H2,1H3. The smallest absolute Gasteiger partial charge is 0.324 e. The summed E-state index contributed by atoms with van der Waals surface area (Å²) in [5, 5.41) is 0. The van der Waals surface area contributed by atoms with Gasteiger partial charge in [-0.2, -0.15) is 13.2 Å². The van der Waals surface area contributed by atoms with Crippen LogP contribution in [0.5, 0.6) is 0 Å². The molecule has 1 nitrogen and oxygen atoms in total. The van der Waals surface area contributed by atoms with Gasteiger partial charge >= 0.3 is 6.18 Å². The third kappa shape index (κ3) is 4.08. The van der Waals surface area contributed by atoms with Crippen LogP contribution in [0.4, 0.5) is 13.2 Å². The van der Waals surface area contributed by atoms with Crippen LogP contribution in [-0.4, -0.2) is 0 Å². The Morgan fingerprint density at radius 2 is 1.86 bits per heavy atom. The molecular weight excluding hydrogens is 343 g/mol. The minimum absolute atomic E-state index is 0.118. The van der Waals surface area contributed by atoms with Crippen LogP contribution in [-0.2, 0) is 12.6 Å². The van der Waals surface area contributed by atoms with E-state index >= 15 is 0 Å². The summed E-state index contributed by atoms with van der Waals surface area (Å²) in [5.41, 5.74) is 7.43. The van der Waals surface area contributed by atoms with Crippen molar-refractivity contribution in [3.8, 4) is 0 Å². The molecule has 0 fully saturated rings. The van der Waals surface area contributed by atoms with Crippen molar-refractivity contribution in [2.24, 2.45) is 5.73 Å². The van der Waals surface area contributed by atoms with Crippen LogP contribution in [0, 0.1) is 6.92 Å². The summed E-state index contributed by atoms with van der Waals surface area (Å²) in [5.74, 6) is 0. The average molecular weight is 358 g/mol. The highest BCUT2D eigenvalue weighted by Gasteiger charge is 2.34. The fraction of sp³-hybridized carbons (Fsp3) is 0.250. The molecule has 5 heteroatoms. The van der Waals surface area contributed by atoms with Gasteiger partial charge in [-0.05, 0) is 36.6 Å². The third-order valence-corrected chi connectivity index (χ3v) is 3.75. The first-order valence-electron chi connectivity index (χ1n) is 6.45. The SMILES string of the molecule is Cc1cccc(CC(N)c2ccc(Br)cc2C(F)(F)F)c1. The van der Waals surface area contributed by atoms with Crippen LogP contribution in [0.2, 0.25) is 0 Å². The molecule has 0 heterocycles. The zero-order valence-corrected chi connectivity index (χ0v) is 13.0. The molecule has 1 unspecified atom stereocenters. The van der Waals surface area contributed by atoms with E-state index < -0.39 is 17.8 Å². The molecule has 2 N–H and O–H groups in total. The maximum atomic E-state index is 13.1. The second-order valence-corrected chi connectivity index (χ2v) is 5.94. The van der Waals surface area contributed by atoms with Gasteiger partial charge in [-0.3, -0.25) is 0 Å². The van der Waals surface area contributed by atoms with Gasteiger partial charge in [0.1, 0.15) is 0 Å². The van der Waals surface area contributed by atoms with E-state index in [1.807, 2.05) is 31.2 Å². The van der Waals surface area contributed by atoms with Gasteiger partial charge in [0.15, 0.2) is 0 Å². The molecule has 0 radical (unpaired) electrons. The lowest BCUT2D eigenvalue weighted by molar-refractivity contribution is -0.138. The molecule has 112 valence electrons. The lowest BCUT2D eigenvalue weighted by Crippen LogP contribution is -2.19. The monoisotopic (exact) mass is 357 g/mol. The number of rotatable bonds is 3. The Morgan fingerprint density at radius 3 is 2.48 bits per heavy atom. The van der Waals surface area contributed by atoms with Crippen molar-refractivity contribution in [2.45, 2.75) is 25.6 Å². The summed E-state index contributed by atoms with van der Waals surface area (Å²) >= 11 is 3.07. The van der Waals surface area contributed by atoms with Crippen molar-refractivity contribution in [1.82, 2.24) is 0 Å². The normalized spacial score (nSPS) is 13.2. The molecule has 1 atom stereocenters. The molecule has 2 aromatic rings. The molecule has 0 aliphatic rings. The molecule has 0 amide bonds. The molecular formula is C16H15BrF3N. The summed E-state index contributed by atoms with van der Waals surface area (Å²) in [6.45, 7) is 1.94. The van der Waals surface area contributed by atoms with E-state index in [0.29, 0.717) is 10.9 Å². The van der Waals surface area contributed by atoms with Crippen LogP contribution >= 0.6 is 15.9 Å². The highest BCUT2D eigenvalue weighted by Crippen LogP contribution is 2.36. The largest absolute Gasteiger partial charge is 0.416 e. The Kier molecular flexibility index (Phi) is 4.74. The lowest BCUT2D eigenvalue weighted by atomic mass is 9.94. The van der Waals surface area contributed by atoms with Gasteiger partial charge in [-0.25, -0.2) is 0 Å². The predicted octanol–water partition coefficient (Wildman–Crippen LogP) is 5.02. The van der Waals surface area contributed by atoms with E-state index in [-0.39, 0.29) is 5.56 Å². The number of alkyl halides is 3. The average Bonchev–Trinajstić information content (AvgIpc) is 2.37. The van der Waals surface area contributed by atoms with Crippen molar-refractivity contribution >= 4 is 15.9 Å². The highest BCUT2D eigenvalue weighted by atomic mass is 79.9. The zero-order chi connectivity index (χ0) is 15.6. The van der Waals surface area contributed by atoms with E-state index in [2.05, 4.69) is 15.9 Å². The minimum Gasteiger partial charge on any atom is -0.324 e. The Bertz CT molecular complexity index is 638. The number of hydrogen-bond donors (Lipinski definition) is 1. The Balaban J connectivity index is 2.33. The topological polar surface area (TPSA) is 26.0 Å². The van der Waals surface area contributed by atoms with Crippen LogP contribution < -0.4 is 5.73 Å². The zero-order valence-electron chi connectivity index (χ0n) is 11.4. The first-order valence-corrected chi connectivity index (χ1v) is 7.24. The maximum absolute atomic E-state index is 13.1. The summed E-state index contributed by atoms with van der Waals surface area (Å²) in [4.78, 5) is 0. The summed E-state index contributed by atoms with van der Waals surface area (Å²) < 4.78 is 39.7. The fourth-order valence-corrected chi connectivity index (χ4v) is 2.66. The van der Waals surface area contributed by atoms with Gasteiger partial charge < -0.3 is 5.73 Å². The van der Waals surface area contributed by atoms with E-state index in [9.17, 15) is 13.2 Å². The van der Waals surface area contributed by atoms with Crippen LogP contribution in [0.1, 0.15) is 28.3 Å². The van der Waals surface area contributed by atoms with Crippen LogP contribution in [0.25, 0.3) is 0 Å². The molecule has 21 heavy (non-hydrogen) atoms. The molecule has 0 aliphatic carbocycles. The van der Waals surface area contributed by atoms with Gasteiger partial charge in [0.2, 0.25) is 0 Å². The van der Waals surface area contributed by atoms with Crippen molar-refractivity contribution in [3.63, 3.8) is 0 Å². The first kappa shape index (κ1) is 16.0. The number of nitrogens with two attached hydrogens (primary N) is 1. The van der Waals surface area contributed by atoms with Crippen LogP contribution in [0.15, 0.2) is 46.9 Å². The number of halogens is 4. The van der Waals surface area contributed by atoms with E-state index in [0.717, 1.165) is 17.2 Å². The second kappa shape index (κ2) is 6.20. The molecule has 0 spiro atoms. The molecule has 0 bridgehead atoms. The predicted molar refractivity (Wildman–Crippen MR) is 81.0 cm³/mol. The summed E-state index contributed by atoms with van der Waals surface area (Å²) in [6, 6.07) is 11.0. The molecule has 0 saturated heterocycles. The first-order chi connectivity index (χ1) is 9.77. The summed E-state index contributed by atoms with van der Waals surface area (Å²) in [7, 11) is 0.